The number of hydrogen-bond donors (Lipinski definition) is 1. The second-order valence-electron chi connectivity index (χ2n) is 8.34. The summed E-state index contributed by atoms with van der Waals surface area (Å²) in [6, 6.07) is 19.4. The Morgan fingerprint density at radius 3 is 2.38 bits per heavy atom. The van der Waals surface area contributed by atoms with Crippen LogP contribution in [0.2, 0.25) is 0 Å². The first-order chi connectivity index (χ1) is 14.0. The van der Waals surface area contributed by atoms with Crippen LogP contribution in [0.15, 0.2) is 71.9 Å². The molecule has 2 aromatic rings. The highest BCUT2D eigenvalue weighted by Crippen LogP contribution is 2.18. The van der Waals surface area contributed by atoms with Gasteiger partial charge in [-0.25, -0.2) is 0 Å². The molecule has 0 bridgehead atoms. The molecule has 0 spiro atoms. The van der Waals surface area contributed by atoms with Crippen molar-refractivity contribution in [1.29, 1.82) is 0 Å². The zero-order valence-corrected chi connectivity index (χ0v) is 18.5. The Bertz CT molecular complexity index is 778. The summed E-state index contributed by atoms with van der Waals surface area (Å²) in [7, 11) is 1.82. The van der Waals surface area contributed by atoms with E-state index in [0.717, 1.165) is 37.7 Å². The molecule has 0 unspecified atom stereocenters. The zero-order chi connectivity index (χ0) is 21.1. The summed E-state index contributed by atoms with van der Waals surface area (Å²) < 4.78 is 0. The number of allylic oxidation sites excluding steroid dienone is 1. The van der Waals surface area contributed by atoms with Gasteiger partial charge in [-0.05, 0) is 54.6 Å². The molecule has 0 radical (unpaired) electrons. The molecule has 0 fully saturated rings. The number of aliphatic imine (C=N–C) groups is 1. The van der Waals surface area contributed by atoms with Crippen molar-refractivity contribution in [3.63, 3.8) is 0 Å². The molecule has 2 aromatic carbocycles. The molecule has 3 heteroatoms. The molecule has 0 aromatic heterocycles. The van der Waals surface area contributed by atoms with Crippen molar-refractivity contribution in [2.24, 2.45) is 22.6 Å². The van der Waals surface area contributed by atoms with E-state index in [2.05, 4.69) is 85.3 Å². The van der Waals surface area contributed by atoms with Gasteiger partial charge in [0.25, 0.3) is 0 Å². The van der Waals surface area contributed by atoms with Crippen LogP contribution in [0.3, 0.4) is 0 Å². The summed E-state index contributed by atoms with van der Waals surface area (Å²) in [5.41, 5.74) is 10.5. The van der Waals surface area contributed by atoms with E-state index in [9.17, 15) is 0 Å². The number of nitrogens with zero attached hydrogens (tertiary/aromatic N) is 2. The molecule has 2 rings (SSSR count). The number of benzene rings is 2. The minimum absolute atomic E-state index is 0.548. The van der Waals surface area contributed by atoms with Crippen molar-refractivity contribution in [2.75, 3.05) is 20.1 Å². The molecule has 2 N–H and O–H groups in total. The first kappa shape index (κ1) is 22.9. The third kappa shape index (κ3) is 7.86. The van der Waals surface area contributed by atoms with Crippen LogP contribution < -0.4 is 5.73 Å². The van der Waals surface area contributed by atoms with E-state index in [4.69, 9.17) is 5.73 Å². The smallest absolute Gasteiger partial charge is 0.0660 e. The van der Waals surface area contributed by atoms with Crippen LogP contribution in [0.1, 0.15) is 43.9 Å². The molecule has 0 heterocycles. The first-order valence-electron chi connectivity index (χ1n) is 10.7. The summed E-state index contributed by atoms with van der Waals surface area (Å²) >= 11 is 0. The fraction of sp³-hybridized carbons (Fsp3) is 0.423. The van der Waals surface area contributed by atoms with Gasteiger partial charge in [-0.1, -0.05) is 75.4 Å². The Morgan fingerprint density at radius 2 is 1.72 bits per heavy atom. The standard InChI is InChI=1S/C26H37N3/c1-21(2)15-17-29(20-23-10-6-5-7-11-23)19-22(3)18-24-12-8-9-13-25(24)26(28-4)14-16-27/h5-14,16,21-22H,15,17-20,27H2,1-4H3/b16-14-,28-26?/t22-/m1/s1. The predicted molar refractivity (Wildman–Crippen MR) is 126 cm³/mol. The maximum Gasteiger partial charge on any atom is 0.0660 e. The molecule has 1 atom stereocenters. The average Bonchev–Trinajstić information content (AvgIpc) is 2.71. The SMILES string of the molecule is CN=C(/C=C\N)c1ccccc1C[C@@H](C)CN(CCC(C)C)Cc1ccccc1. The van der Waals surface area contributed by atoms with Gasteiger partial charge in [-0.15, -0.1) is 0 Å². The van der Waals surface area contributed by atoms with Crippen LogP contribution in [0.25, 0.3) is 0 Å². The van der Waals surface area contributed by atoms with Crippen LogP contribution in [-0.2, 0) is 13.0 Å². The van der Waals surface area contributed by atoms with E-state index in [1.54, 1.807) is 6.20 Å². The predicted octanol–water partition coefficient (Wildman–Crippen LogP) is 5.30. The van der Waals surface area contributed by atoms with Gasteiger partial charge in [-0.2, -0.15) is 0 Å². The van der Waals surface area contributed by atoms with Crippen molar-refractivity contribution in [2.45, 2.75) is 40.2 Å². The Morgan fingerprint density at radius 1 is 1.03 bits per heavy atom. The first-order valence-corrected chi connectivity index (χ1v) is 10.7. The third-order valence-electron chi connectivity index (χ3n) is 5.20. The lowest BCUT2D eigenvalue weighted by atomic mass is 9.93. The van der Waals surface area contributed by atoms with Gasteiger partial charge in [-0.3, -0.25) is 9.89 Å². The van der Waals surface area contributed by atoms with Crippen LogP contribution in [0.5, 0.6) is 0 Å². The van der Waals surface area contributed by atoms with Gasteiger partial charge in [0.2, 0.25) is 0 Å². The summed E-state index contributed by atoms with van der Waals surface area (Å²) in [5, 5.41) is 0. The van der Waals surface area contributed by atoms with E-state index in [1.807, 2.05) is 13.1 Å². The van der Waals surface area contributed by atoms with Crippen molar-refractivity contribution >= 4 is 5.71 Å². The van der Waals surface area contributed by atoms with E-state index >= 15 is 0 Å². The molecule has 0 aliphatic heterocycles. The lowest BCUT2D eigenvalue weighted by Crippen LogP contribution is -2.31. The van der Waals surface area contributed by atoms with E-state index in [-0.39, 0.29) is 0 Å². The molecule has 3 nitrogen and oxygen atoms in total. The lowest BCUT2D eigenvalue weighted by molar-refractivity contribution is 0.216. The van der Waals surface area contributed by atoms with Gasteiger partial charge in [0.15, 0.2) is 0 Å². The quantitative estimate of drug-likeness (QED) is 0.528. The fourth-order valence-corrected chi connectivity index (χ4v) is 3.72. The third-order valence-corrected chi connectivity index (χ3v) is 5.20. The van der Waals surface area contributed by atoms with Crippen molar-refractivity contribution in [3.8, 4) is 0 Å². The summed E-state index contributed by atoms with van der Waals surface area (Å²) in [6.07, 6.45) is 5.70. The van der Waals surface area contributed by atoms with Crippen molar-refractivity contribution < 1.29 is 0 Å². The van der Waals surface area contributed by atoms with Gasteiger partial charge < -0.3 is 5.73 Å². The monoisotopic (exact) mass is 391 g/mol. The van der Waals surface area contributed by atoms with Crippen LogP contribution in [0, 0.1) is 11.8 Å². The van der Waals surface area contributed by atoms with Crippen molar-refractivity contribution in [3.05, 3.63) is 83.6 Å². The van der Waals surface area contributed by atoms with Gasteiger partial charge in [0, 0.05) is 25.7 Å². The summed E-state index contributed by atoms with van der Waals surface area (Å²) in [4.78, 5) is 7.03. The summed E-state index contributed by atoms with van der Waals surface area (Å²) in [6.45, 7) is 10.2. The highest BCUT2D eigenvalue weighted by molar-refractivity contribution is 6.09. The molecule has 0 aliphatic rings. The fourth-order valence-electron chi connectivity index (χ4n) is 3.72. The highest BCUT2D eigenvalue weighted by Gasteiger charge is 2.15. The van der Waals surface area contributed by atoms with Gasteiger partial charge >= 0.3 is 0 Å². The van der Waals surface area contributed by atoms with Crippen molar-refractivity contribution in [1.82, 2.24) is 4.90 Å². The topological polar surface area (TPSA) is 41.6 Å². The maximum absolute atomic E-state index is 5.62. The molecule has 0 saturated carbocycles. The maximum atomic E-state index is 5.62. The normalized spacial score (nSPS) is 13.5. The Labute approximate surface area is 177 Å². The van der Waals surface area contributed by atoms with Gasteiger partial charge in [0.05, 0.1) is 5.71 Å². The second-order valence-corrected chi connectivity index (χ2v) is 8.34. The molecule has 156 valence electrons. The van der Waals surface area contributed by atoms with Crippen LogP contribution in [0.4, 0.5) is 0 Å². The minimum Gasteiger partial charge on any atom is -0.405 e. The second kappa shape index (κ2) is 12.2. The molecule has 29 heavy (non-hydrogen) atoms. The van der Waals surface area contributed by atoms with Crippen LogP contribution in [-0.4, -0.2) is 30.7 Å². The largest absolute Gasteiger partial charge is 0.405 e. The Hall–Kier alpha value is -2.39. The molecule has 0 amide bonds. The molecular formula is C26H37N3. The highest BCUT2D eigenvalue weighted by atomic mass is 15.1. The Kier molecular flexibility index (Phi) is 9.66. The number of rotatable bonds is 11. The van der Waals surface area contributed by atoms with E-state index in [0.29, 0.717) is 5.92 Å². The van der Waals surface area contributed by atoms with E-state index < -0.39 is 0 Å². The summed E-state index contributed by atoms with van der Waals surface area (Å²) in [5.74, 6) is 1.27. The van der Waals surface area contributed by atoms with Gasteiger partial charge in [0.1, 0.15) is 0 Å². The zero-order valence-electron chi connectivity index (χ0n) is 18.5. The Balaban J connectivity index is 2.10. The number of hydrogen-bond acceptors (Lipinski definition) is 3. The van der Waals surface area contributed by atoms with Crippen LogP contribution >= 0.6 is 0 Å². The minimum atomic E-state index is 0.548. The van der Waals surface area contributed by atoms with E-state index in [1.165, 1.54) is 23.1 Å². The molecule has 0 aliphatic carbocycles. The molecule has 0 saturated heterocycles. The lowest BCUT2D eigenvalue weighted by Gasteiger charge is -2.27. The average molecular weight is 392 g/mol. The molecular weight excluding hydrogens is 354 g/mol. The number of nitrogens with two attached hydrogens (primary N) is 1.